The lowest BCUT2D eigenvalue weighted by Gasteiger charge is -2.13. The SMILES string of the molecule is c1ccc2c(c1)-c1cc3ccccc3cc1-c1cn(-c3ccc(-c4ccc(-n5c6ccccc6c6ccccc65)cc4)cc3)c3cccc-2c13. The lowest BCUT2D eigenvalue weighted by molar-refractivity contribution is 1.13. The average molecular weight is 635 g/mol. The largest absolute Gasteiger partial charge is 0.316 e. The molecule has 0 unspecified atom stereocenters. The molecule has 0 N–H and O–H groups in total. The van der Waals surface area contributed by atoms with Crippen LogP contribution in [0.15, 0.2) is 182 Å². The fourth-order valence-corrected chi connectivity index (χ4v) is 8.39. The minimum atomic E-state index is 1.15. The molecule has 2 aromatic heterocycles. The monoisotopic (exact) mass is 634 g/mol. The van der Waals surface area contributed by atoms with Gasteiger partial charge in [0, 0.05) is 39.3 Å². The highest BCUT2D eigenvalue weighted by molar-refractivity contribution is 6.15. The van der Waals surface area contributed by atoms with E-state index in [1.807, 2.05) is 0 Å². The van der Waals surface area contributed by atoms with Crippen molar-refractivity contribution < 1.29 is 0 Å². The number of aromatic nitrogens is 2. The number of rotatable bonds is 3. The predicted octanol–water partition coefficient (Wildman–Crippen LogP) is 12.9. The minimum Gasteiger partial charge on any atom is -0.316 e. The van der Waals surface area contributed by atoms with Gasteiger partial charge in [-0.15, -0.1) is 0 Å². The van der Waals surface area contributed by atoms with Crippen molar-refractivity contribution in [1.29, 1.82) is 0 Å². The van der Waals surface area contributed by atoms with E-state index in [0.29, 0.717) is 0 Å². The summed E-state index contributed by atoms with van der Waals surface area (Å²) < 4.78 is 4.74. The highest BCUT2D eigenvalue weighted by atomic mass is 15.0. The highest BCUT2D eigenvalue weighted by Crippen LogP contribution is 2.49. The normalized spacial score (nSPS) is 12.0. The quantitative estimate of drug-likeness (QED) is 0.183. The molecule has 2 nitrogen and oxygen atoms in total. The Morgan fingerprint density at radius 1 is 0.320 bits per heavy atom. The van der Waals surface area contributed by atoms with E-state index in [2.05, 4.69) is 191 Å². The van der Waals surface area contributed by atoms with Gasteiger partial charge < -0.3 is 9.13 Å². The summed E-state index contributed by atoms with van der Waals surface area (Å²) >= 11 is 0. The third-order valence-electron chi connectivity index (χ3n) is 10.7. The van der Waals surface area contributed by atoms with Crippen LogP contribution in [0.3, 0.4) is 0 Å². The third kappa shape index (κ3) is 3.90. The Morgan fingerprint density at radius 2 is 0.800 bits per heavy atom. The van der Waals surface area contributed by atoms with E-state index in [4.69, 9.17) is 0 Å². The molecule has 0 fully saturated rings. The molecule has 232 valence electrons. The van der Waals surface area contributed by atoms with Gasteiger partial charge in [0.15, 0.2) is 0 Å². The Morgan fingerprint density at radius 3 is 1.44 bits per heavy atom. The van der Waals surface area contributed by atoms with E-state index >= 15 is 0 Å². The summed E-state index contributed by atoms with van der Waals surface area (Å²) in [4.78, 5) is 0. The topological polar surface area (TPSA) is 9.86 Å². The maximum Gasteiger partial charge on any atom is 0.0541 e. The van der Waals surface area contributed by atoms with Crippen LogP contribution in [0, 0.1) is 0 Å². The second kappa shape index (κ2) is 10.4. The maximum atomic E-state index is 2.38. The van der Waals surface area contributed by atoms with Crippen LogP contribution in [0.2, 0.25) is 0 Å². The van der Waals surface area contributed by atoms with E-state index < -0.39 is 0 Å². The molecule has 8 aromatic carbocycles. The van der Waals surface area contributed by atoms with Crippen LogP contribution in [0.1, 0.15) is 0 Å². The fraction of sp³-hybridized carbons (Fsp3) is 0. The summed E-state index contributed by atoms with van der Waals surface area (Å²) in [6.45, 7) is 0. The minimum absolute atomic E-state index is 1.15. The van der Waals surface area contributed by atoms with Crippen molar-refractivity contribution in [2.45, 2.75) is 0 Å². The summed E-state index contributed by atoms with van der Waals surface area (Å²) in [5, 5.41) is 6.39. The number of hydrogen-bond acceptors (Lipinski definition) is 0. The summed E-state index contributed by atoms with van der Waals surface area (Å²) in [5.41, 5.74) is 16.1. The molecule has 0 atom stereocenters. The molecule has 0 bridgehead atoms. The molecule has 11 rings (SSSR count). The van der Waals surface area contributed by atoms with Crippen LogP contribution >= 0.6 is 0 Å². The predicted molar refractivity (Wildman–Crippen MR) is 210 cm³/mol. The molecule has 2 heterocycles. The van der Waals surface area contributed by atoms with Crippen molar-refractivity contribution in [3.05, 3.63) is 182 Å². The van der Waals surface area contributed by atoms with E-state index in [-0.39, 0.29) is 0 Å². The summed E-state index contributed by atoms with van der Waals surface area (Å²) in [6.07, 6.45) is 2.35. The van der Waals surface area contributed by atoms with Gasteiger partial charge in [-0.1, -0.05) is 121 Å². The second-order valence-corrected chi connectivity index (χ2v) is 13.4. The zero-order chi connectivity index (χ0) is 32.8. The van der Waals surface area contributed by atoms with Gasteiger partial charge in [-0.25, -0.2) is 0 Å². The highest BCUT2D eigenvalue weighted by Gasteiger charge is 2.24. The molecule has 0 radical (unpaired) electrons. The lowest BCUT2D eigenvalue weighted by atomic mass is 9.91. The first-order chi connectivity index (χ1) is 24.8. The van der Waals surface area contributed by atoms with Crippen molar-refractivity contribution in [3.63, 3.8) is 0 Å². The summed E-state index contributed by atoms with van der Waals surface area (Å²) in [5.74, 6) is 0. The number of fused-ring (bicyclic) bond motifs is 9. The van der Waals surface area contributed by atoms with Gasteiger partial charge >= 0.3 is 0 Å². The summed E-state index contributed by atoms with van der Waals surface area (Å²) in [7, 11) is 0. The Hall–Kier alpha value is -6.64. The van der Waals surface area contributed by atoms with E-state index in [1.54, 1.807) is 0 Å². The van der Waals surface area contributed by atoms with Gasteiger partial charge in [0.25, 0.3) is 0 Å². The first kappa shape index (κ1) is 27.3. The standard InChI is InChI=1S/C48H30N2/c1-2-11-34-29-43-42(28-33(34)10-1)38-13-4-3-12-37(38)41-16-9-19-47-48(41)44(43)30-49(47)35-24-20-31(21-25-35)32-22-26-36(27-23-32)50-45-17-7-5-14-39(45)40-15-6-8-18-46(40)50/h1-30H. The Kier molecular flexibility index (Phi) is 5.70. The number of nitrogens with zero attached hydrogens (tertiary/aromatic N) is 2. The maximum absolute atomic E-state index is 2.38. The van der Waals surface area contributed by atoms with Crippen LogP contribution < -0.4 is 0 Å². The Labute approximate surface area is 289 Å². The molecule has 1 aliphatic carbocycles. The van der Waals surface area contributed by atoms with E-state index in [9.17, 15) is 0 Å². The molecule has 10 aromatic rings. The van der Waals surface area contributed by atoms with Crippen molar-refractivity contribution in [2.75, 3.05) is 0 Å². The third-order valence-corrected chi connectivity index (χ3v) is 10.7. The molecule has 0 saturated carbocycles. The molecule has 0 aliphatic heterocycles. The molecular weight excluding hydrogens is 605 g/mol. The molecule has 0 spiro atoms. The van der Waals surface area contributed by atoms with E-state index in [1.165, 1.54) is 93.7 Å². The summed E-state index contributed by atoms with van der Waals surface area (Å²) in [6, 6.07) is 64.4. The van der Waals surface area contributed by atoms with Crippen molar-refractivity contribution in [2.24, 2.45) is 0 Å². The van der Waals surface area contributed by atoms with Crippen LogP contribution in [-0.2, 0) is 0 Å². The van der Waals surface area contributed by atoms with Crippen LogP contribution in [0.5, 0.6) is 0 Å². The first-order valence-corrected chi connectivity index (χ1v) is 17.3. The van der Waals surface area contributed by atoms with Gasteiger partial charge in [0.05, 0.1) is 16.6 Å². The van der Waals surface area contributed by atoms with Crippen molar-refractivity contribution >= 4 is 43.5 Å². The van der Waals surface area contributed by atoms with Gasteiger partial charge in [-0.2, -0.15) is 0 Å². The van der Waals surface area contributed by atoms with Gasteiger partial charge in [0.2, 0.25) is 0 Å². The second-order valence-electron chi connectivity index (χ2n) is 13.4. The molecule has 0 amide bonds. The molecule has 2 heteroatoms. The lowest BCUT2D eigenvalue weighted by Crippen LogP contribution is -1.94. The first-order valence-electron chi connectivity index (χ1n) is 17.3. The smallest absolute Gasteiger partial charge is 0.0541 e. The van der Waals surface area contributed by atoms with Gasteiger partial charge in [0.1, 0.15) is 0 Å². The van der Waals surface area contributed by atoms with Crippen LogP contribution in [-0.4, -0.2) is 9.13 Å². The van der Waals surface area contributed by atoms with Gasteiger partial charge in [-0.05, 0) is 104 Å². The molecule has 0 saturated heterocycles. The molecule has 1 aliphatic rings. The Bertz CT molecular complexity index is 2900. The number of hydrogen-bond donors (Lipinski definition) is 0. The van der Waals surface area contributed by atoms with Crippen LogP contribution in [0.4, 0.5) is 0 Å². The molecular formula is C48H30N2. The van der Waals surface area contributed by atoms with E-state index in [0.717, 1.165) is 5.69 Å². The number of para-hydroxylation sites is 2. The zero-order valence-electron chi connectivity index (χ0n) is 27.2. The van der Waals surface area contributed by atoms with Crippen LogP contribution in [0.25, 0.3) is 99.4 Å². The average Bonchev–Trinajstić information content (AvgIpc) is 3.71. The fourth-order valence-electron chi connectivity index (χ4n) is 8.39. The number of benzene rings is 8. The van der Waals surface area contributed by atoms with Crippen molar-refractivity contribution in [3.8, 4) is 55.9 Å². The zero-order valence-corrected chi connectivity index (χ0v) is 27.2. The van der Waals surface area contributed by atoms with Crippen molar-refractivity contribution in [1.82, 2.24) is 9.13 Å². The Balaban J connectivity index is 1.02. The molecule has 50 heavy (non-hydrogen) atoms. The van der Waals surface area contributed by atoms with Gasteiger partial charge in [-0.3, -0.25) is 0 Å².